The summed E-state index contributed by atoms with van der Waals surface area (Å²) < 4.78 is 57.3. The maximum atomic E-state index is 13.4. The van der Waals surface area contributed by atoms with E-state index in [1.165, 1.54) is 19.1 Å². The molecule has 116 valence electrons. The van der Waals surface area contributed by atoms with E-state index < -0.39 is 41.0 Å². The van der Waals surface area contributed by atoms with Crippen molar-refractivity contribution in [1.82, 2.24) is 0 Å². The maximum Gasteiger partial charge on any atom is 0.265 e. The fourth-order valence-electron chi connectivity index (χ4n) is 1.63. The first-order valence-corrected chi connectivity index (χ1v) is 6.25. The van der Waals surface area contributed by atoms with Crippen molar-refractivity contribution in [2.24, 2.45) is 0 Å². The fraction of sp³-hybridized carbons (Fsp3) is 0.133. The minimum absolute atomic E-state index is 0.231. The smallest absolute Gasteiger partial charge is 0.265 e. The van der Waals surface area contributed by atoms with E-state index in [0.717, 1.165) is 18.2 Å². The number of hydrogen-bond acceptors (Lipinski definition) is 2. The highest BCUT2D eigenvalue weighted by Crippen LogP contribution is 2.20. The summed E-state index contributed by atoms with van der Waals surface area (Å²) in [4.78, 5) is 11.8. The molecule has 0 unspecified atom stereocenters. The Labute approximate surface area is 123 Å². The second kappa shape index (κ2) is 6.46. The number of halogens is 4. The first-order chi connectivity index (χ1) is 10.4. The lowest BCUT2D eigenvalue weighted by atomic mass is 10.2. The molecule has 0 aromatic heterocycles. The topological polar surface area (TPSA) is 38.3 Å². The number of anilines is 1. The van der Waals surface area contributed by atoms with E-state index in [2.05, 4.69) is 5.32 Å². The summed E-state index contributed by atoms with van der Waals surface area (Å²) in [5, 5.41) is 2.09. The van der Waals surface area contributed by atoms with Gasteiger partial charge >= 0.3 is 0 Å². The zero-order valence-electron chi connectivity index (χ0n) is 11.4. The van der Waals surface area contributed by atoms with Crippen molar-refractivity contribution in [3.8, 4) is 5.75 Å². The van der Waals surface area contributed by atoms with Crippen LogP contribution in [0.25, 0.3) is 0 Å². The number of amides is 1. The standard InChI is InChI=1S/C15H11F4NO2/c1-8(22-10-4-2-9(16)3-5-10)15(21)20-12-7-6-11(17)13(18)14(12)19/h2-8H,1H3,(H,20,21)/t8-/m1/s1. The molecule has 0 saturated carbocycles. The Morgan fingerprint density at radius 3 is 2.27 bits per heavy atom. The minimum atomic E-state index is -1.68. The van der Waals surface area contributed by atoms with Crippen LogP contribution in [0.4, 0.5) is 23.2 Å². The second-order valence-corrected chi connectivity index (χ2v) is 4.43. The Morgan fingerprint density at radius 2 is 1.64 bits per heavy atom. The predicted molar refractivity (Wildman–Crippen MR) is 71.4 cm³/mol. The van der Waals surface area contributed by atoms with E-state index in [4.69, 9.17) is 4.74 Å². The van der Waals surface area contributed by atoms with Gasteiger partial charge < -0.3 is 10.1 Å². The summed E-state index contributed by atoms with van der Waals surface area (Å²) >= 11 is 0. The SMILES string of the molecule is C[C@@H](Oc1ccc(F)cc1)C(=O)Nc1ccc(F)c(F)c1F. The number of nitrogens with one attached hydrogen (secondary N) is 1. The summed E-state index contributed by atoms with van der Waals surface area (Å²) in [6, 6.07) is 6.52. The largest absolute Gasteiger partial charge is 0.481 e. The van der Waals surface area contributed by atoms with Crippen LogP contribution in [-0.2, 0) is 4.79 Å². The summed E-state index contributed by atoms with van der Waals surface area (Å²) in [7, 11) is 0. The molecule has 1 N–H and O–H groups in total. The average Bonchev–Trinajstić information content (AvgIpc) is 2.50. The molecule has 0 radical (unpaired) electrons. The average molecular weight is 313 g/mol. The van der Waals surface area contributed by atoms with Gasteiger partial charge in [0.15, 0.2) is 23.6 Å². The van der Waals surface area contributed by atoms with Crippen molar-refractivity contribution >= 4 is 11.6 Å². The van der Waals surface area contributed by atoms with Crippen LogP contribution in [0.2, 0.25) is 0 Å². The predicted octanol–water partition coefficient (Wildman–Crippen LogP) is 3.65. The van der Waals surface area contributed by atoms with Crippen LogP contribution in [-0.4, -0.2) is 12.0 Å². The van der Waals surface area contributed by atoms with Crippen molar-refractivity contribution in [2.75, 3.05) is 5.32 Å². The Hall–Kier alpha value is -2.57. The van der Waals surface area contributed by atoms with Crippen LogP contribution in [0.3, 0.4) is 0 Å². The monoisotopic (exact) mass is 313 g/mol. The normalized spacial score (nSPS) is 11.9. The Kier molecular flexibility index (Phi) is 4.65. The van der Waals surface area contributed by atoms with E-state index in [9.17, 15) is 22.4 Å². The molecule has 0 aliphatic rings. The van der Waals surface area contributed by atoms with Crippen LogP contribution >= 0.6 is 0 Å². The van der Waals surface area contributed by atoms with Gasteiger partial charge in [-0.25, -0.2) is 17.6 Å². The van der Waals surface area contributed by atoms with Gasteiger partial charge in [-0.3, -0.25) is 4.79 Å². The molecular formula is C15H11F4NO2. The zero-order chi connectivity index (χ0) is 16.3. The number of carbonyl (C=O) groups is 1. The third-order valence-electron chi connectivity index (χ3n) is 2.79. The number of carbonyl (C=O) groups excluding carboxylic acids is 1. The third kappa shape index (κ3) is 3.55. The highest BCUT2D eigenvalue weighted by atomic mass is 19.2. The molecule has 1 amide bonds. The van der Waals surface area contributed by atoms with Gasteiger partial charge in [0.1, 0.15) is 11.6 Å². The molecule has 1 atom stereocenters. The molecule has 0 aliphatic carbocycles. The van der Waals surface area contributed by atoms with Gasteiger partial charge in [0.05, 0.1) is 5.69 Å². The van der Waals surface area contributed by atoms with Crippen molar-refractivity contribution < 1.29 is 27.1 Å². The maximum absolute atomic E-state index is 13.4. The fourth-order valence-corrected chi connectivity index (χ4v) is 1.63. The van der Waals surface area contributed by atoms with Gasteiger partial charge in [-0.05, 0) is 43.3 Å². The van der Waals surface area contributed by atoms with Crippen LogP contribution in [0, 0.1) is 23.3 Å². The third-order valence-corrected chi connectivity index (χ3v) is 2.79. The highest BCUT2D eigenvalue weighted by Gasteiger charge is 2.19. The molecule has 0 saturated heterocycles. The lowest BCUT2D eigenvalue weighted by molar-refractivity contribution is -0.122. The quantitative estimate of drug-likeness (QED) is 0.691. The summed E-state index contributed by atoms with van der Waals surface area (Å²) in [6.07, 6.45) is -1.06. The van der Waals surface area contributed by atoms with Gasteiger partial charge in [-0.1, -0.05) is 0 Å². The van der Waals surface area contributed by atoms with Gasteiger partial charge in [0.2, 0.25) is 0 Å². The van der Waals surface area contributed by atoms with E-state index in [1.807, 2.05) is 0 Å². The van der Waals surface area contributed by atoms with E-state index in [-0.39, 0.29) is 5.75 Å². The van der Waals surface area contributed by atoms with Gasteiger partial charge in [0, 0.05) is 0 Å². The Balaban J connectivity index is 2.05. The van der Waals surface area contributed by atoms with Gasteiger partial charge in [0.25, 0.3) is 5.91 Å². The lowest BCUT2D eigenvalue weighted by Gasteiger charge is -2.15. The van der Waals surface area contributed by atoms with Crippen molar-refractivity contribution in [1.29, 1.82) is 0 Å². The van der Waals surface area contributed by atoms with E-state index in [0.29, 0.717) is 6.07 Å². The van der Waals surface area contributed by atoms with Gasteiger partial charge in [-0.2, -0.15) is 0 Å². The summed E-state index contributed by atoms with van der Waals surface area (Å²) in [5.41, 5.74) is -0.501. The molecule has 22 heavy (non-hydrogen) atoms. The molecule has 7 heteroatoms. The minimum Gasteiger partial charge on any atom is -0.481 e. The number of rotatable bonds is 4. The summed E-state index contributed by atoms with van der Waals surface area (Å²) in [6.45, 7) is 1.37. The number of hydrogen-bond donors (Lipinski definition) is 1. The molecule has 3 nitrogen and oxygen atoms in total. The van der Waals surface area contributed by atoms with Crippen LogP contribution in [0.1, 0.15) is 6.92 Å². The molecule has 2 rings (SSSR count). The number of ether oxygens (including phenoxy) is 1. The molecular weight excluding hydrogens is 302 g/mol. The van der Waals surface area contributed by atoms with Crippen LogP contribution in [0.15, 0.2) is 36.4 Å². The highest BCUT2D eigenvalue weighted by molar-refractivity contribution is 5.94. The molecule has 2 aromatic rings. The molecule has 0 fully saturated rings. The van der Waals surface area contributed by atoms with Crippen molar-refractivity contribution in [3.05, 3.63) is 59.7 Å². The lowest BCUT2D eigenvalue weighted by Crippen LogP contribution is -2.30. The van der Waals surface area contributed by atoms with Crippen LogP contribution in [0.5, 0.6) is 5.75 Å². The Morgan fingerprint density at radius 1 is 1.00 bits per heavy atom. The molecule has 0 spiro atoms. The molecule has 0 aliphatic heterocycles. The van der Waals surface area contributed by atoms with Crippen molar-refractivity contribution in [2.45, 2.75) is 13.0 Å². The summed E-state index contributed by atoms with van der Waals surface area (Å²) in [5.74, 6) is -5.53. The molecule has 0 heterocycles. The van der Waals surface area contributed by atoms with Crippen LogP contribution < -0.4 is 10.1 Å². The molecule has 2 aromatic carbocycles. The first kappa shape index (κ1) is 15.8. The van der Waals surface area contributed by atoms with Crippen molar-refractivity contribution in [3.63, 3.8) is 0 Å². The van der Waals surface area contributed by atoms with Gasteiger partial charge in [-0.15, -0.1) is 0 Å². The van der Waals surface area contributed by atoms with E-state index in [1.54, 1.807) is 0 Å². The first-order valence-electron chi connectivity index (χ1n) is 6.25. The zero-order valence-corrected chi connectivity index (χ0v) is 11.4. The van der Waals surface area contributed by atoms with E-state index >= 15 is 0 Å². The molecule has 0 bridgehead atoms. The number of benzene rings is 2. The second-order valence-electron chi connectivity index (χ2n) is 4.43. The Bertz CT molecular complexity index is 689.